The Balaban J connectivity index is 1.65. The fourth-order valence-corrected chi connectivity index (χ4v) is 2.41. The van der Waals surface area contributed by atoms with Crippen molar-refractivity contribution in [3.05, 3.63) is 107 Å². The zero-order valence-electron chi connectivity index (χ0n) is 14.4. The highest BCUT2D eigenvalue weighted by atomic mass is 14.8. The summed E-state index contributed by atoms with van der Waals surface area (Å²) in [6.07, 6.45) is 7.75. The third-order valence-corrected chi connectivity index (χ3v) is 3.89. The molecule has 4 N–H and O–H groups in total. The number of hydrogen-bond acceptors (Lipinski definition) is 2. The van der Waals surface area contributed by atoms with E-state index in [4.69, 9.17) is 11.5 Å². The molecule has 0 aromatic heterocycles. The lowest BCUT2D eigenvalue weighted by atomic mass is 10.1. The molecule has 3 heteroatoms. The van der Waals surface area contributed by atoms with Gasteiger partial charge in [-0.1, -0.05) is 78.9 Å². The second-order valence-corrected chi connectivity index (χ2v) is 5.86. The fraction of sp³-hybridized carbons (Fsp3) is 0. The van der Waals surface area contributed by atoms with E-state index in [1.165, 1.54) is 5.56 Å². The van der Waals surface area contributed by atoms with Crippen LogP contribution >= 0.6 is 0 Å². The lowest BCUT2D eigenvalue weighted by Crippen LogP contribution is -2.12. The van der Waals surface area contributed by atoms with Gasteiger partial charge in [0.15, 0.2) is 0 Å². The second kappa shape index (κ2) is 8.49. The van der Waals surface area contributed by atoms with Crippen LogP contribution in [0.1, 0.15) is 22.3 Å². The number of nitrogens with two attached hydrogens (primary N) is 2. The molecular weight excluding hydrogens is 318 g/mol. The molecule has 3 nitrogen and oxygen atoms in total. The zero-order chi connectivity index (χ0) is 18.2. The summed E-state index contributed by atoms with van der Waals surface area (Å²) in [7, 11) is 0. The van der Waals surface area contributed by atoms with Crippen LogP contribution in [0.25, 0.3) is 18.2 Å². The Labute approximate surface area is 154 Å². The van der Waals surface area contributed by atoms with Crippen molar-refractivity contribution in [2.24, 2.45) is 10.7 Å². The van der Waals surface area contributed by atoms with Crippen molar-refractivity contribution in [1.29, 1.82) is 0 Å². The number of nitrogens with zero attached hydrogens (tertiary/aromatic N) is 1. The van der Waals surface area contributed by atoms with E-state index in [1.807, 2.05) is 72.8 Å². The van der Waals surface area contributed by atoms with Gasteiger partial charge in [-0.3, -0.25) is 0 Å². The molecule has 128 valence electrons. The molecule has 0 aliphatic carbocycles. The number of anilines is 1. The van der Waals surface area contributed by atoms with Gasteiger partial charge in [0.25, 0.3) is 0 Å². The van der Waals surface area contributed by atoms with Crippen molar-refractivity contribution in [3.63, 3.8) is 0 Å². The first kappa shape index (κ1) is 17.2. The van der Waals surface area contributed by atoms with Gasteiger partial charge in [0.2, 0.25) is 0 Å². The molecule has 0 saturated carbocycles. The first-order valence-corrected chi connectivity index (χ1v) is 8.40. The molecule has 0 unspecified atom stereocenters. The van der Waals surface area contributed by atoms with Crippen molar-refractivity contribution in [1.82, 2.24) is 0 Å². The molecule has 0 radical (unpaired) electrons. The number of rotatable bonds is 5. The number of hydrogen-bond donors (Lipinski definition) is 2. The Hall–Kier alpha value is -3.59. The van der Waals surface area contributed by atoms with Crippen LogP contribution in [0.3, 0.4) is 0 Å². The van der Waals surface area contributed by atoms with Gasteiger partial charge in [0, 0.05) is 17.5 Å². The van der Waals surface area contributed by atoms with E-state index >= 15 is 0 Å². The summed E-state index contributed by atoms with van der Waals surface area (Å²) in [5.74, 6) is 0.482. The van der Waals surface area contributed by atoms with Crippen LogP contribution in [0.2, 0.25) is 0 Å². The Morgan fingerprint density at radius 2 is 1.19 bits per heavy atom. The van der Waals surface area contributed by atoms with E-state index in [2.05, 4.69) is 29.3 Å². The van der Waals surface area contributed by atoms with Gasteiger partial charge in [0.1, 0.15) is 5.84 Å². The molecular formula is C23H21N3. The summed E-state index contributed by atoms with van der Waals surface area (Å²) in [5.41, 5.74) is 16.7. The van der Waals surface area contributed by atoms with Crippen LogP contribution in [0.4, 0.5) is 5.69 Å². The summed E-state index contributed by atoms with van der Waals surface area (Å²) in [6, 6.07) is 25.8. The Bertz CT molecular complexity index is 919. The number of nitrogen functional groups attached to an aromatic ring is 1. The van der Waals surface area contributed by atoms with Crippen molar-refractivity contribution >= 4 is 29.8 Å². The topological polar surface area (TPSA) is 64.4 Å². The van der Waals surface area contributed by atoms with Crippen molar-refractivity contribution < 1.29 is 0 Å². The van der Waals surface area contributed by atoms with E-state index in [1.54, 1.807) is 6.20 Å². The molecule has 0 aliphatic heterocycles. The van der Waals surface area contributed by atoms with Crippen molar-refractivity contribution in [3.8, 4) is 0 Å². The first-order chi connectivity index (χ1) is 12.7. The molecule has 0 fully saturated rings. The summed E-state index contributed by atoms with van der Waals surface area (Å²) in [5, 5.41) is 0. The van der Waals surface area contributed by atoms with E-state index in [0.717, 1.165) is 22.4 Å². The third kappa shape index (κ3) is 4.95. The van der Waals surface area contributed by atoms with E-state index in [9.17, 15) is 0 Å². The maximum Gasteiger partial charge on any atom is 0.130 e. The molecule has 0 saturated heterocycles. The van der Waals surface area contributed by atoms with Crippen LogP contribution in [0.5, 0.6) is 0 Å². The van der Waals surface area contributed by atoms with Gasteiger partial charge in [-0.15, -0.1) is 0 Å². The third-order valence-electron chi connectivity index (χ3n) is 3.89. The Morgan fingerprint density at radius 3 is 1.85 bits per heavy atom. The van der Waals surface area contributed by atoms with Gasteiger partial charge in [-0.05, 0) is 34.9 Å². The number of amidine groups is 1. The minimum Gasteiger partial charge on any atom is -0.399 e. The molecule has 0 bridgehead atoms. The maximum atomic E-state index is 6.06. The summed E-state index contributed by atoms with van der Waals surface area (Å²) in [6.45, 7) is 0. The van der Waals surface area contributed by atoms with E-state index in [0.29, 0.717) is 5.84 Å². The van der Waals surface area contributed by atoms with Gasteiger partial charge >= 0.3 is 0 Å². The lowest BCUT2D eigenvalue weighted by Gasteiger charge is -2.00. The molecule has 0 atom stereocenters. The first-order valence-electron chi connectivity index (χ1n) is 8.40. The molecule has 26 heavy (non-hydrogen) atoms. The van der Waals surface area contributed by atoms with Crippen molar-refractivity contribution in [2.45, 2.75) is 0 Å². The maximum absolute atomic E-state index is 6.06. The molecule has 3 rings (SSSR count). The minimum atomic E-state index is 0.482. The highest BCUT2D eigenvalue weighted by molar-refractivity contribution is 5.98. The van der Waals surface area contributed by atoms with Gasteiger partial charge < -0.3 is 11.5 Å². The van der Waals surface area contributed by atoms with E-state index in [-0.39, 0.29) is 0 Å². The van der Waals surface area contributed by atoms with Crippen LogP contribution in [0, 0.1) is 0 Å². The fourth-order valence-electron chi connectivity index (χ4n) is 2.41. The Kier molecular flexibility index (Phi) is 5.63. The largest absolute Gasteiger partial charge is 0.399 e. The molecule has 0 heterocycles. The van der Waals surface area contributed by atoms with Crippen LogP contribution in [0.15, 0.2) is 90.1 Å². The smallest absolute Gasteiger partial charge is 0.130 e. The summed E-state index contributed by atoms with van der Waals surface area (Å²) < 4.78 is 0. The molecule has 0 amide bonds. The minimum absolute atomic E-state index is 0.482. The van der Waals surface area contributed by atoms with Crippen LogP contribution in [-0.2, 0) is 0 Å². The number of benzene rings is 3. The monoisotopic (exact) mass is 339 g/mol. The van der Waals surface area contributed by atoms with Gasteiger partial charge in [-0.25, -0.2) is 4.99 Å². The normalized spacial score (nSPS) is 12.1. The molecule has 3 aromatic rings. The SMILES string of the molecule is NC(=N/C=C/c1ccc(N)cc1)c1ccc(/C=C/c2ccccc2)cc1. The van der Waals surface area contributed by atoms with Gasteiger partial charge in [-0.2, -0.15) is 0 Å². The van der Waals surface area contributed by atoms with E-state index < -0.39 is 0 Å². The quantitative estimate of drug-likeness (QED) is 0.303. The van der Waals surface area contributed by atoms with Crippen LogP contribution < -0.4 is 11.5 Å². The van der Waals surface area contributed by atoms with Crippen molar-refractivity contribution in [2.75, 3.05) is 5.73 Å². The highest BCUT2D eigenvalue weighted by Gasteiger charge is 1.97. The van der Waals surface area contributed by atoms with Gasteiger partial charge in [0.05, 0.1) is 0 Å². The highest BCUT2D eigenvalue weighted by Crippen LogP contribution is 2.10. The summed E-state index contributed by atoms with van der Waals surface area (Å²) in [4.78, 5) is 4.30. The van der Waals surface area contributed by atoms with Crippen LogP contribution in [-0.4, -0.2) is 5.84 Å². The molecule has 3 aromatic carbocycles. The molecule has 0 aliphatic rings. The lowest BCUT2D eigenvalue weighted by molar-refractivity contribution is 1.47. The standard InChI is InChI=1S/C23H21N3/c24-22-14-10-20(11-15-22)16-17-26-23(25)21-12-8-19(9-13-21)7-6-18-4-2-1-3-5-18/h1-17H,24H2,(H2,25,26)/b7-6+,17-16+. The Morgan fingerprint density at radius 1 is 0.654 bits per heavy atom. The number of aliphatic imine (C=N–C) groups is 1. The predicted octanol–water partition coefficient (Wildman–Crippen LogP) is 4.82. The average Bonchev–Trinajstić information content (AvgIpc) is 2.69. The zero-order valence-corrected chi connectivity index (χ0v) is 14.4. The summed E-state index contributed by atoms with van der Waals surface area (Å²) >= 11 is 0. The predicted molar refractivity (Wildman–Crippen MR) is 112 cm³/mol. The average molecular weight is 339 g/mol. The second-order valence-electron chi connectivity index (χ2n) is 5.86. The molecule has 0 spiro atoms.